The molecule has 0 aliphatic carbocycles. The minimum absolute atomic E-state index is 0.0750. The fourth-order valence-corrected chi connectivity index (χ4v) is 4.15. The van der Waals surface area contributed by atoms with Gasteiger partial charge in [0, 0.05) is 24.0 Å². The van der Waals surface area contributed by atoms with Gasteiger partial charge in [-0.2, -0.15) is 0 Å². The number of likely N-dealkylation sites (tertiary alicyclic amines) is 1. The molecule has 0 N–H and O–H groups in total. The highest BCUT2D eigenvalue weighted by molar-refractivity contribution is 6.35. The average Bonchev–Trinajstić information content (AvgIpc) is 2.67. The highest BCUT2D eigenvalue weighted by Crippen LogP contribution is 2.31. The molecule has 1 amide bonds. The van der Waals surface area contributed by atoms with Gasteiger partial charge >= 0.3 is 0 Å². The van der Waals surface area contributed by atoms with Crippen LogP contribution in [0.1, 0.15) is 35.7 Å². The Kier molecular flexibility index (Phi) is 4.88. The van der Waals surface area contributed by atoms with Gasteiger partial charge in [0.05, 0.1) is 21.8 Å². The summed E-state index contributed by atoms with van der Waals surface area (Å²) in [5, 5.41) is 1.40. The Balaban J connectivity index is 1.89. The van der Waals surface area contributed by atoms with Gasteiger partial charge in [-0.3, -0.25) is 4.79 Å². The Morgan fingerprint density at radius 1 is 1.19 bits per heavy atom. The summed E-state index contributed by atoms with van der Waals surface area (Å²) in [6, 6.07) is 15.7. The molecule has 0 bridgehead atoms. The second kappa shape index (κ2) is 7.32. The number of aryl methyl sites for hydroxylation is 1. The van der Waals surface area contributed by atoms with E-state index in [2.05, 4.69) is 19.9 Å². The number of aromatic nitrogens is 1. The average molecular weight is 379 g/mol. The zero-order chi connectivity index (χ0) is 19.0. The van der Waals surface area contributed by atoms with E-state index in [0.717, 1.165) is 41.7 Å². The van der Waals surface area contributed by atoms with Crippen LogP contribution in [0.25, 0.3) is 22.2 Å². The van der Waals surface area contributed by atoms with E-state index in [0.29, 0.717) is 22.0 Å². The molecule has 4 heteroatoms. The van der Waals surface area contributed by atoms with Crippen LogP contribution in [0.5, 0.6) is 0 Å². The van der Waals surface area contributed by atoms with E-state index in [1.165, 1.54) is 6.42 Å². The van der Waals surface area contributed by atoms with Crippen molar-refractivity contribution in [1.82, 2.24) is 9.88 Å². The summed E-state index contributed by atoms with van der Waals surface area (Å²) in [4.78, 5) is 20.2. The van der Waals surface area contributed by atoms with Crippen LogP contribution in [0.15, 0.2) is 48.5 Å². The molecule has 1 aliphatic heterocycles. The molecular formula is C23H23ClN2O. The molecule has 4 rings (SSSR count). The van der Waals surface area contributed by atoms with Crippen molar-refractivity contribution in [2.75, 3.05) is 13.1 Å². The molecule has 3 aromatic rings. The molecule has 1 atom stereocenters. The maximum absolute atomic E-state index is 13.4. The number of carbonyl (C=O) groups excluding carboxylic acids is 1. The summed E-state index contributed by atoms with van der Waals surface area (Å²) >= 11 is 6.45. The first-order valence-corrected chi connectivity index (χ1v) is 9.87. The van der Waals surface area contributed by atoms with Crippen molar-refractivity contribution in [3.05, 3.63) is 64.7 Å². The van der Waals surface area contributed by atoms with E-state index >= 15 is 0 Å². The molecule has 2 heterocycles. The molecular weight excluding hydrogens is 356 g/mol. The summed E-state index contributed by atoms with van der Waals surface area (Å²) in [5.41, 5.74) is 4.33. The fraction of sp³-hybridized carbons (Fsp3) is 0.304. The van der Waals surface area contributed by atoms with Crippen LogP contribution >= 0.6 is 11.6 Å². The lowest BCUT2D eigenvalue weighted by Crippen LogP contribution is -2.39. The van der Waals surface area contributed by atoms with E-state index < -0.39 is 0 Å². The number of piperidine rings is 1. The molecule has 1 aromatic heterocycles. The van der Waals surface area contributed by atoms with Crippen LogP contribution in [-0.2, 0) is 0 Å². The zero-order valence-corrected chi connectivity index (χ0v) is 16.5. The lowest BCUT2D eigenvalue weighted by molar-refractivity contribution is 0.0685. The number of halogens is 1. The number of pyridine rings is 1. The predicted molar refractivity (Wildman–Crippen MR) is 111 cm³/mol. The number of benzene rings is 2. The van der Waals surface area contributed by atoms with Crippen LogP contribution in [0, 0.1) is 12.8 Å². The van der Waals surface area contributed by atoms with Crippen molar-refractivity contribution in [2.24, 2.45) is 5.92 Å². The van der Waals surface area contributed by atoms with E-state index in [4.69, 9.17) is 16.6 Å². The van der Waals surface area contributed by atoms with Crippen molar-refractivity contribution >= 4 is 28.4 Å². The van der Waals surface area contributed by atoms with E-state index in [-0.39, 0.29) is 5.91 Å². The molecule has 0 unspecified atom stereocenters. The molecule has 0 radical (unpaired) electrons. The van der Waals surface area contributed by atoms with Gasteiger partial charge in [-0.25, -0.2) is 4.98 Å². The van der Waals surface area contributed by atoms with Gasteiger partial charge in [0.2, 0.25) is 0 Å². The Hall–Kier alpha value is -2.39. The Bertz CT molecular complexity index is 1010. The smallest absolute Gasteiger partial charge is 0.254 e. The number of nitrogens with zero attached hydrogens (tertiary/aromatic N) is 2. The van der Waals surface area contributed by atoms with Crippen molar-refractivity contribution in [3.63, 3.8) is 0 Å². The van der Waals surface area contributed by atoms with Crippen molar-refractivity contribution in [2.45, 2.75) is 26.7 Å². The van der Waals surface area contributed by atoms with Gasteiger partial charge in [-0.15, -0.1) is 0 Å². The quantitative estimate of drug-likeness (QED) is 0.570. The molecule has 0 saturated carbocycles. The van der Waals surface area contributed by atoms with E-state index in [1.807, 2.05) is 47.4 Å². The van der Waals surface area contributed by atoms with Gasteiger partial charge in [0.1, 0.15) is 0 Å². The normalized spacial score (nSPS) is 17.3. The highest BCUT2D eigenvalue weighted by atomic mass is 35.5. The first-order chi connectivity index (χ1) is 13.0. The van der Waals surface area contributed by atoms with Crippen LogP contribution in [0.3, 0.4) is 0 Å². The number of amides is 1. The number of fused-ring (bicyclic) bond motifs is 1. The number of hydrogen-bond acceptors (Lipinski definition) is 2. The number of hydrogen-bond donors (Lipinski definition) is 0. The highest BCUT2D eigenvalue weighted by Gasteiger charge is 2.25. The van der Waals surface area contributed by atoms with E-state index in [1.54, 1.807) is 0 Å². The monoisotopic (exact) mass is 378 g/mol. The summed E-state index contributed by atoms with van der Waals surface area (Å²) in [5.74, 6) is 0.612. The molecule has 0 spiro atoms. The van der Waals surface area contributed by atoms with Crippen LogP contribution in [0.4, 0.5) is 0 Å². The lowest BCUT2D eigenvalue weighted by atomic mass is 9.97. The minimum atomic E-state index is 0.0750. The first-order valence-electron chi connectivity index (χ1n) is 9.49. The van der Waals surface area contributed by atoms with Crippen LogP contribution < -0.4 is 0 Å². The number of para-hydroxylation sites is 1. The molecule has 1 aliphatic rings. The van der Waals surface area contributed by atoms with Crippen molar-refractivity contribution in [1.29, 1.82) is 0 Å². The summed E-state index contributed by atoms with van der Waals surface area (Å²) in [7, 11) is 0. The Labute approximate surface area is 165 Å². The Morgan fingerprint density at radius 3 is 2.78 bits per heavy atom. The summed E-state index contributed by atoms with van der Waals surface area (Å²) in [6.07, 6.45) is 2.24. The van der Waals surface area contributed by atoms with E-state index in [9.17, 15) is 4.79 Å². The predicted octanol–water partition coefficient (Wildman–Crippen LogP) is 5.74. The number of rotatable bonds is 2. The largest absolute Gasteiger partial charge is 0.338 e. The summed E-state index contributed by atoms with van der Waals surface area (Å²) < 4.78 is 0. The Morgan fingerprint density at radius 2 is 2.00 bits per heavy atom. The van der Waals surface area contributed by atoms with Gasteiger partial charge in [-0.05, 0) is 43.4 Å². The zero-order valence-electron chi connectivity index (χ0n) is 15.7. The molecule has 2 aromatic carbocycles. The third-order valence-corrected chi connectivity index (χ3v) is 5.69. The second-order valence-corrected chi connectivity index (χ2v) is 7.91. The number of carbonyl (C=O) groups is 1. The fourth-order valence-electron chi connectivity index (χ4n) is 3.93. The van der Waals surface area contributed by atoms with Crippen LogP contribution in [0.2, 0.25) is 5.02 Å². The molecule has 138 valence electrons. The maximum atomic E-state index is 13.4. The molecule has 3 nitrogen and oxygen atoms in total. The first kappa shape index (κ1) is 18.0. The van der Waals surface area contributed by atoms with Crippen LogP contribution in [-0.4, -0.2) is 28.9 Å². The van der Waals surface area contributed by atoms with Gasteiger partial charge in [0.25, 0.3) is 5.91 Å². The SMILES string of the molecule is Cc1ccccc1-c1cc(C(=O)N2CCC[C@@H](C)C2)c2cccc(Cl)c2n1. The van der Waals surface area contributed by atoms with Crippen molar-refractivity contribution < 1.29 is 4.79 Å². The van der Waals surface area contributed by atoms with Gasteiger partial charge in [-0.1, -0.05) is 54.9 Å². The van der Waals surface area contributed by atoms with Crippen molar-refractivity contribution in [3.8, 4) is 11.3 Å². The third-order valence-electron chi connectivity index (χ3n) is 5.39. The summed E-state index contributed by atoms with van der Waals surface area (Å²) in [6.45, 7) is 5.89. The van der Waals surface area contributed by atoms with Gasteiger partial charge < -0.3 is 4.90 Å². The molecule has 1 fully saturated rings. The molecule has 27 heavy (non-hydrogen) atoms. The standard InChI is InChI=1S/C23H23ClN2O/c1-15-7-6-12-26(14-15)23(27)19-13-21(17-9-4-3-8-16(17)2)25-22-18(19)10-5-11-20(22)24/h3-5,8-11,13,15H,6-7,12,14H2,1-2H3/t15-/m1/s1. The second-order valence-electron chi connectivity index (χ2n) is 7.50. The minimum Gasteiger partial charge on any atom is -0.338 e. The third kappa shape index (κ3) is 3.44. The topological polar surface area (TPSA) is 33.2 Å². The maximum Gasteiger partial charge on any atom is 0.254 e. The molecule has 1 saturated heterocycles. The lowest BCUT2D eigenvalue weighted by Gasteiger charge is -2.31. The van der Waals surface area contributed by atoms with Gasteiger partial charge in [0.15, 0.2) is 0 Å².